The number of hydrogen-bond donors (Lipinski definition) is 0. The number of fused-ring (bicyclic) bond motifs is 2. The highest BCUT2D eigenvalue weighted by molar-refractivity contribution is 7.07. The van der Waals surface area contributed by atoms with E-state index in [-0.39, 0.29) is 17.7 Å². The van der Waals surface area contributed by atoms with Gasteiger partial charge in [-0.15, -0.1) is 0 Å². The molecule has 4 aromatic carbocycles. The Morgan fingerprint density at radius 2 is 1.59 bits per heavy atom. The summed E-state index contributed by atoms with van der Waals surface area (Å²) >= 11 is 1.26. The zero-order valence-corrected chi connectivity index (χ0v) is 25.5. The van der Waals surface area contributed by atoms with Crippen LogP contribution in [0.15, 0.2) is 100 Å². The van der Waals surface area contributed by atoms with Crippen LogP contribution in [0.4, 0.5) is 0 Å². The number of esters is 1. The van der Waals surface area contributed by atoms with Gasteiger partial charge in [-0.25, -0.2) is 9.79 Å². The number of hydrogen-bond acceptors (Lipinski definition) is 8. The van der Waals surface area contributed by atoms with Crippen LogP contribution in [-0.2, 0) is 9.53 Å². The number of benzene rings is 4. The second-order valence-corrected chi connectivity index (χ2v) is 10.9. The SMILES string of the molecule is CCOC(=O)C1=C(c2ccccc2)N=c2sc(=Cc3ccc(OC)c4ccccc34)c(=O)n2C1c1cccc(OC)c1OC. The fourth-order valence-corrected chi connectivity index (χ4v) is 6.59. The Morgan fingerprint density at radius 1 is 0.864 bits per heavy atom. The Bertz CT molecular complexity index is 2100. The number of rotatable bonds is 8. The van der Waals surface area contributed by atoms with Gasteiger partial charge in [0, 0.05) is 16.5 Å². The van der Waals surface area contributed by atoms with E-state index in [0.29, 0.717) is 32.1 Å². The Hall–Kier alpha value is -5.15. The molecular weight excluding hydrogens is 576 g/mol. The predicted molar refractivity (Wildman–Crippen MR) is 171 cm³/mol. The molecule has 1 aliphatic heterocycles. The van der Waals surface area contributed by atoms with E-state index in [1.54, 1.807) is 37.8 Å². The highest BCUT2D eigenvalue weighted by Crippen LogP contribution is 2.42. The van der Waals surface area contributed by atoms with Crippen molar-refractivity contribution in [1.29, 1.82) is 0 Å². The summed E-state index contributed by atoms with van der Waals surface area (Å²) in [6.07, 6.45) is 1.86. The molecule has 9 heteroatoms. The van der Waals surface area contributed by atoms with Gasteiger partial charge in [0.15, 0.2) is 16.3 Å². The zero-order chi connectivity index (χ0) is 30.8. The number of carbonyl (C=O) groups excluding carboxylic acids is 1. The molecule has 1 unspecified atom stereocenters. The normalized spacial score (nSPS) is 14.6. The van der Waals surface area contributed by atoms with Gasteiger partial charge in [0.05, 0.1) is 43.7 Å². The van der Waals surface area contributed by atoms with Crippen molar-refractivity contribution < 1.29 is 23.7 Å². The van der Waals surface area contributed by atoms with Gasteiger partial charge >= 0.3 is 5.97 Å². The van der Waals surface area contributed by atoms with Crippen molar-refractivity contribution in [3.8, 4) is 17.2 Å². The van der Waals surface area contributed by atoms with Crippen molar-refractivity contribution in [3.05, 3.63) is 127 Å². The number of thiazole rings is 1. The third kappa shape index (κ3) is 4.95. The lowest BCUT2D eigenvalue weighted by molar-refractivity contribution is -0.138. The van der Waals surface area contributed by atoms with Crippen molar-refractivity contribution in [3.63, 3.8) is 0 Å². The van der Waals surface area contributed by atoms with Crippen LogP contribution in [0.3, 0.4) is 0 Å². The molecule has 0 spiro atoms. The van der Waals surface area contributed by atoms with Gasteiger partial charge in [-0.2, -0.15) is 0 Å². The number of methoxy groups -OCH3 is 3. The van der Waals surface area contributed by atoms with Crippen LogP contribution >= 0.6 is 11.3 Å². The van der Waals surface area contributed by atoms with Crippen LogP contribution in [0.1, 0.15) is 29.7 Å². The smallest absolute Gasteiger partial charge is 0.338 e. The minimum atomic E-state index is -0.902. The fourth-order valence-electron chi connectivity index (χ4n) is 5.60. The molecule has 0 amide bonds. The van der Waals surface area contributed by atoms with E-state index in [1.807, 2.05) is 78.9 Å². The average molecular weight is 607 g/mol. The highest BCUT2D eigenvalue weighted by atomic mass is 32.1. The molecule has 0 fully saturated rings. The first-order valence-corrected chi connectivity index (χ1v) is 14.9. The number of ether oxygens (including phenoxy) is 4. The van der Waals surface area contributed by atoms with Crippen LogP contribution in [0.25, 0.3) is 22.5 Å². The summed E-state index contributed by atoms with van der Waals surface area (Å²) in [5.41, 5.74) is 2.52. The molecule has 0 saturated heterocycles. The summed E-state index contributed by atoms with van der Waals surface area (Å²) in [5, 5.41) is 1.88. The number of carbonyl (C=O) groups is 1. The molecule has 1 aliphatic rings. The first-order valence-electron chi connectivity index (χ1n) is 14.1. The highest BCUT2D eigenvalue weighted by Gasteiger charge is 2.37. The van der Waals surface area contributed by atoms with Crippen molar-refractivity contribution in [2.24, 2.45) is 4.99 Å². The number of para-hydroxylation sites is 1. The fraction of sp³-hybridized carbons (Fsp3) is 0.171. The summed E-state index contributed by atoms with van der Waals surface area (Å²) in [7, 11) is 4.72. The van der Waals surface area contributed by atoms with E-state index >= 15 is 0 Å². The zero-order valence-electron chi connectivity index (χ0n) is 24.7. The molecule has 6 rings (SSSR count). The summed E-state index contributed by atoms with van der Waals surface area (Å²) in [5.74, 6) is 1.06. The van der Waals surface area contributed by atoms with Gasteiger partial charge in [-0.3, -0.25) is 9.36 Å². The molecule has 1 aromatic heterocycles. The molecule has 0 radical (unpaired) electrons. The molecule has 0 N–H and O–H groups in total. The largest absolute Gasteiger partial charge is 0.496 e. The molecule has 0 bridgehead atoms. The summed E-state index contributed by atoms with van der Waals surface area (Å²) in [6, 6.07) is 25.6. The van der Waals surface area contributed by atoms with E-state index in [1.165, 1.54) is 18.4 Å². The van der Waals surface area contributed by atoms with Crippen LogP contribution in [0, 0.1) is 0 Å². The van der Waals surface area contributed by atoms with Gasteiger partial charge < -0.3 is 18.9 Å². The van der Waals surface area contributed by atoms with E-state index < -0.39 is 12.0 Å². The molecule has 1 atom stereocenters. The molecule has 5 aromatic rings. The van der Waals surface area contributed by atoms with Crippen molar-refractivity contribution in [2.45, 2.75) is 13.0 Å². The second-order valence-electron chi connectivity index (χ2n) is 9.92. The molecule has 8 nitrogen and oxygen atoms in total. The number of aromatic nitrogens is 1. The Morgan fingerprint density at radius 3 is 2.30 bits per heavy atom. The first-order chi connectivity index (χ1) is 21.5. The third-order valence-electron chi connectivity index (χ3n) is 7.53. The maximum atomic E-state index is 14.4. The van der Waals surface area contributed by atoms with Gasteiger partial charge in [-0.1, -0.05) is 84.1 Å². The molecule has 44 heavy (non-hydrogen) atoms. The minimum Gasteiger partial charge on any atom is -0.496 e. The summed E-state index contributed by atoms with van der Waals surface area (Å²) < 4.78 is 24.6. The van der Waals surface area contributed by atoms with E-state index in [9.17, 15) is 9.59 Å². The van der Waals surface area contributed by atoms with Gasteiger partial charge in [0.2, 0.25) is 0 Å². The second kappa shape index (κ2) is 12.2. The van der Waals surface area contributed by atoms with Gasteiger partial charge in [-0.05, 0) is 36.1 Å². The molecular formula is C35H30N2O6S. The lowest BCUT2D eigenvalue weighted by atomic mass is 9.92. The molecule has 222 valence electrons. The van der Waals surface area contributed by atoms with E-state index in [4.69, 9.17) is 23.9 Å². The van der Waals surface area contributed by atoms with Crippen LogP contribution in [-0.4, -0.2) is 38.5 Å². The Balaban J connectivity index is 1.69. The predicted octanol–water partition coefficient (Wildman–Crippen LogP) is 5.11. The lowest BCUT2D eigenvalue weighted by Crippen LogP contribution is -2.40. The third-order valence-corrected chi connectivity index (χ3v) is 8.51. The monoisotopic (exact) mass is 606 g/mol. The van der Waals surface area contributed by atoms with Crippen LogP contribution in [0.5, 0.6) is 17.2 Å². The lowest BCUT2D eigenvalue weighted by Gasteiger charge is -2.27. The van der Waals surface area contributed by atoms with E-state index in [0.717, 1.165) is 27.6 Å². The average Bonchev–Trinajstić information content (AvgIpc) is 3.38. The minimum absolute atomic E-state index is 0.154. The standard InChI is InChI=1S/C35H30N2O6S/c1-5-43-34(39)29-30(21-12-7-6-8-13-21)36-35-37(31(29)25-16-11-17-27(41-3)32(25)42-4)33(38)28(44-35)20-22-18-19-26(40-2)24-15-10-9-14-23(22)24/h6-20,31H,5H2,1-4H3. The Labute approximate surface area is 257 Å². The maximum Gasteiger partial charge on any atom is 0.338 e. The van der Waals surface area contributed by atoms with Gasteiger partial charge in [0.1, 0.15) is 11.8 Å². The van der Waals surface area contributed by atoms with Crippen molar-refractivity contribution >= 4 is 39.9 Å². The Kier molecular flexibility index (Phi) is 8.04. The molecule has 0 saturated carbocycles. The molecule has 2 heterocycles. The molecule has 0 aliphatic carbocycles. The first kappa shape index (κ1) is 28.9. The topological polar surface area (TPSA) is 88.4 Å². The van der Waals surface area contributed by atoms with Gasteiger partial charge in [0.25, 0.3) is 5.56 Å². The quantitative estimate of drug-likeness (QED) is 0.228. The van der Waals surface area contributed by atoms with Crippen LogP contribution in [0.2, 0.25) is 0 Å². The van der Waals surface area contributed by atoms with Crippen LogP contribution < -0.4 is 29.1 Å². The number of nitrogens with zero attached hydrogens (tertiary/aromatic N) is 2. The van der Waals surface area contributed by atoms with Crippen molar-refractivity contribution in [2.75, 3.05) is 27.9 Å². The summed E-state index contributed by atoms with van der Waals surface area (Å²) in [4.78, 5) is 33.6. The van der Waals surface area contributed by atoms with E-state index in [2.05, 4.69) is 0 Å². The maximum absolute atomic E-state index is 14.4. The summed E-state index contributed by atoms with van der Waals surface area (Å²) in [6.45, 7) is 1.90. The van der Waals surface area contributed by atoms with Crippen molar-refractivity contribution in [1.82, 2.24) is 4.57 Å².